The molecule has 1 aromatic heterocycles. The van der Waals surface area contributed by atoms with E-state index < -0.39 is 5.97 Å². The lowest BCUT2D eigenvalue weighted by Gasteiger charge is -2.25. The highest BCUT2D eigenvalue weighted by atomic mass is 32.2. The molecule has 1 atom stereocenters. The first-order valence-electron chi connectivity index (χ1n) is 6.39. The minimum Gasteiger partial charge on any atom is -0.478 e. The fraction of sp³-hybridized carbons (Fsp3) is 0.333. The zero-order valence-electron chi connectivity index (χ0n) is 11.8. The quantitative estimate of drug-likeness (QED) is 0.917. The Bertz CT molecular complexity index is 630. The van der Waals surface area contributed by atoms with E-state index in [0.29, 0.717) is 22.5 Å². The summed E-state index contributed by atoms with van der Waals surface area (Å²) in [5.41, 5.74) is 1.01. The number of pyridine rings is 1. The number of carboxylic acids is 1. The number of rotatable bonds is 5. The molecule has 0 radical (unpaired) electrons. The molecule has 1 heterocycles. The van der Waals surface area contributed by atoms with Crippen LogP contribution in [0.1, 0.15) is 17.3 Å². The molecule has 0 saturated heterocycles. The molecule has 1 aromatic carbocycles. The standard InChI is InChI=1S/C15H18N2O2S/c1-10(9-20-3)17(2)14-8-7-11-12(15(18)19)5-4-6-13(11)16-14/h4-8,10H,9H2,1-3H3,(H,18,19). The van der Waals surface area contributed by atoms with E-state index in [-0.39, 0.29) is 0 Å². The largest absolute Gasteiger partial charge is 0.478 e. The molecule has 1 N–H and O–H groups in total. The van der Waals surface area contributed by atoms with Gasteiger partial charge in [0.05, 0.1) is 11.1 Å². The van der Waals surface area contributed by atoms with Gasteiger partial charge in [0.1, 0.15) is 5.82 Å². The molecule has 0 aliphatic rings. The van der Waals surface area contributed by atoms with Crippen molar-refractivity contribution in [1.82, 2.24) is 4.98 Å². The normalized spacial score (nSPS) is 12.3. The molecule has 0 saturated carbocycles. The summed E-state index contributed by atoms with van der Waals surface area (Å²) < 4.78 is 0. The van der Waals surface area contributed by atoms with Crippen molar-refractivity contribution >= 4 is 34.5 Å². The number of nitrogens with zero attached hydrogens (tertiary/aromatic N) is 2. The number of hydrogen-bond donors (Lipinski definition) is 1. The van der Waals surface area contributed by atoms with Crippen molar-refractivity contribution in [3.8, 4) is 0 Å². The van der Waals surface area contributed by atoms with E-state index in [1.807, 2.05) is 25.2 Å². The second-order valence-electron chi connectivity index (χ2n) is 4.76. The van der Waals surface area contributed by atoms with Gasteiger partial charge in [-0.1, -0.05) is 6.07 Å². The molecular weight excluding hydrogens is 272 g/mol. The maximum Gasteiger partial charge on any atom is 0.336 e. The second-order valence-corrected chi connectivity index (χ2v) is 5.67. The monoisotopic (exact) mass is 290 g/mol. The molecule has 0 amide bonds. The zero-order chi connectivity index (χ0) is 14.7. The summed E-state index contributed by atoms with van der Waals surface area (Å²) >= 11 is 1.80. The highest BCUT2D eigenvalue weighted by molar-refractivity contribution is 7.98. The van der Waals surface area contributed by atoms with Crippen molar-refractivity contribution in [1.29, 1.82) is 0 Å². The molecule has 0 aliphatic heterocycles. The van der Waals surface area contributed by atoms with Crippen LogP contribution in [-0.2, 0) is 0 Å². The van der Waals surface area contributed by atoms with Crippen molar-refractivity contribution in [3.05, 3.63) is 35.9 Å². The number of carbonyl (C=O) groups is 1. The van der Waals surface area contributed by atoms with Gasteiger partial charge < -0.3 is 10.0 Å². The van der Waals surface area contributed by atoms with Gasteiger partial charge in [-0.2, -0.15) is 11.8 Å². The van der Waals surface area contributed by atoms with Crippen molar-refractivity contribution in [3.63, 3.8) is 0 Å². The van der Waals surface area contributed by atoms with E-state index in [4.69, 9.17) is 0 Å². The van der Waals surface area contributed by atoms with Crippen LogP contribution in [0.4, 0.5) is 5.82 Å². The van der Waals surface area contributed by atoms with Crippen molar-refractivity contribution < 1.29 is 9.90 Å². The molecular formula is C15H18N2O2S. The van der Waals surface area contributed by atoms with Gasteiger partial charge in [-0.3, -0.25) is 0 Å². The Balaban J connectivity index is 2.42. The number of carboxylic acid groups (broad SMARTS) is 1. The summed E-state index contributed by atoms with van der Waals surface area (Å²) in [5.74, 6) is 0.960. The van der Waals surface area contributed by atoms with E-state index in [0.717, 1.165) is 11.6 Å². The number of aromatic nitrogens is 1. The van der Waals surface area contributed by atoms with Gasteiger partial charge in [0.2, 0.25) is 0 Å². The molecule has 2 aromatic rings. The summed E-state index contributed by atoms with van der Waals surface area (Å²) in [7, 11) is 2.01. The second kappa shape index (κ2) is 6.13. The number of hydrogen-bond acceptors (Lipinski definition) is 4. The third-order valence-corrected chi connectivity index (χ3v) is 4.19. The summed E-state index contributed by atoms with van der Waals surface area (Å²) in [6.07, 6.45) is 2.08. The van der Waals surface area contributed by atoms with E-state index in [9.17, 15) is 9.90 Å². The predicted molar refractivity (Wildman–Crippen MR) is 84.9 cm³/mol. The number of aromatic carboxylic acids is 1. The third kappa shape index (κ3) is 2.88. The SMILES string of the molecule is CSCC(C)N(C)c1ccc2c(C(=O)O)cccc2n1. The highest BCUT2D eigenvalue weighted by Crippen LogP contribution is 2.22. The van der Waals surface area contributed by atoms with E-state index in [2.05, 4.69) is 23.1 Å². The molecule has 0 spiro atoms. The van der Waals surface area contributed by atoms with E-state index in [1.165, 1.54) is 0 Å². The minimum atomic E-state index is -0.922. The van der Waals surface area contributed by atoms with Gasteiger partial charge in [0.15, 0.2) is 0 Å². The molecule has 1 unspecified atom stereocenters. The van der Waals surface area contributed by atoms with E-state index in [1.54, 1.807) is 23.9 Å². The van der Waals surface area contributed by atoms with Gasteiger partial charge in [-0.25, -0.2) is 9.78 Å². The number of thioether (sulfide) groups is 1. The predicted octanol–water partition coefficient (Wildman–Crippen LogP) is 3.12. The molecule has 0 aliphatic carbocycles. The van der Waals surface area contributed by atoms with E-state index >= 15 is 0 Å². The molecule has 0 bridgehead atoms. The van der Waals surface area contributed by atoms with Crippen LogP contribution in [0, 0.1) is 0 Å². The summed E-state index contributed by atoms with van der Waals surface area (Å²) in [4.78, 5) is 17.9. The van der Waals surface area contributed by atoms with Crippen LogP contribution >= 0.6 is 11.8 Å². The minimum absolute atomic E-state index is 0.293. The Morgan fingerprint density at radius 2 is 2.15 bits per heavy atom. The Labute approximate surface area is 122 Å². The Morgan fingerprint density at radius 1 is 1.40 bits per heavy atom. The van der Waals surface area contributed by atoms with Gasteiger partial charge in [0.25, 0.3) is 0 Å². The number of fused-ring (bicyclic) bond motifs is 1. The average Bonchev–Trinajstić information content (AvgIpc) is 2.45. The highest BCUT2D eigenvalue weighted by Gasteiger charge is 2.13. The smallest absolute Gasteiger partial charge is 0.336 e. The van der Waals surface area contributed by atoms with Gasteiger partial charge in [-0.05, 0) is 37.4 Å². The molecule has 4 nitrogen and oxygen atoms in total. The number of anilines is 1. The summed E-state index contributed by atoms with van der Waals surface area (Å²) in [6, 6.07) is 9.27. The van der Waals surface area contributed by atoms with Crippen molar-refractivity contribution in [2.75, 3.05) is 24.0 Å². The maximum absolute atomic E-state index is 11.2. The first-order chi connectivity index (χ1) is 9.54. The maximum atomic E-state index is 11.2. The van der Waals surface area contributed by atoms with Crippen LogP contribution in [0.15, 0.2) is 30.3 Å². The summed E-state index contributed by atoms with van der Waals surface area (Å²) in [6.45, 7) is 2.15. The van der Waals surface area contributed by atoms with Gasteiger partial charge in [-0.15, -0.1) is 0 Å². The first kappa shape index (κ1) is 14.7. The van der Waals surface area contributed by atoms with Crippen molar-refractivity contribution in [2.45, 2.75) is 13.0 Å². The fourth-order valence-corrected chi connectivity index (χ4v) is 2.81. The molecule has 20 heavy (non-hydrogen) atoms. The Hall–Kier alpha value is -1.75. The Morgan fingerprint density at radius 3 is 2.80 bits per heavy atom. The van der Waals surface area contributed by atoms with Crippen LogP contribution in [0.25, 0.3) is 10.9 Å². The Kier molecular flexibility index (Phi) is 4.49. The van der Waals surface area contributed by atoms with Crippen LogP contribution in [0.2, 0.25) is 0 Å². The fourth-order valence-electron chi connectivity index (χ4n) is 2.11. The zero-order valence-corrected chi connectivity index (χ0v) is 12.6. The van der Waals surface area contributed by atoms with Crippen LogP contribution in [-0.4, -0.2) is 41.2 Å². The lowest BCUT2D eigenvalue weighted by molar-refractivity contribution is 0.0699. The molecule has 0 fully saturated rings. The third-order valence-electron chi connectivity index (χ3n) is 3.38. The average molecular weight is 290 g/mol. The number of benzene rings is 1. The molecule has 2 rings (SSSR count). The van der Waals surface area contributed by atoms with Crippen molar-refractivity contribution in [2.24, 2.45) is 0 Å². The molecule has 5 heteroatoms. The van der Waals surface area contributed by atoms with Gasteiger partial charge >= 0.3 is 5.97 Å². The lowest BCUT2D eigenvalue weighted by Crippen LogP contribution is -2.31. The topological polar surface area (TPSA) is 53.4 Å². The lowest BCUT2D eigenvalue weighted by atomic mass is 10.1. The summed E-state index contributed by atoms with van der Waals surface area (Å²) in [5, 5.41) is 9.85. The first-order valence-corrected chi connectivity index (χ1v) is 7.79. The molecule has 106 valence electrons. The van der Waals surface area contributed by atoms with Crippen LogP contribution in [0.5, 0.6) is 0 Å². The van der Waals surface area contributed by atoms with Gasteiger partial charge in [0, 0.05) is 24.2 Å². The van der Waals surface area contributed by atoms with Crippen LogP contribution < -0.4 is 4.90 Å². The van der Waals surface area contributed by atoms with Crippen LogP contribution in [0.3, 0.4) is 0 Å².